The third-order valence-electron chi connectivity index (χ3n) is 3.71. The monoisotopic (exact) mass is 239 g/mol. The van der Waals surface area contributed by atoms with Crippen molar-refractivity contribution in [3.05, 3.63) is 47.5 Å². The van der Waals surface area contributed by atoms with Crippen molar-refractivity contribution in [1.29, 1.82) is 0 Å². The lowest BCUT2D eigenvalue weighted by Gasteiger charge is -2.08. The molecule has 2 aromatic rings. The smallest absolute Gasteiger partial charge is 0.167 e. The van der Waals surface area contributed by atoms with E-state index in [0.29, 0.717) is 0 Å². The van der Waals surface area contributed by atoms with Crippen molar-refractivity contribution in [1.82, 2.24) is 5.32 Å². The predicted octanol–water partition coefficient (Wildman–Crippen LogP) is 2.94. The second kappa shape index (κ2) is 4.54. The van der Waals surface area contributed by atoms with Crippen molar-refractivity contribution >= 4 is 16.6 Å². The fourth-order valence-corrected chi connectivity index (χ4v) is 2.63. The molecule has 0 aromatic heterocycles. The van der Waals surface area contributed by atoms with Crippen LogP contribution in [0.5, 0.6) is 0 Å². The zero-order chi connectivity index (χ0) is 12.5. The average Bonchev–Trinajstić information content (AvgIpc) is 2.91. The van der Waals surface area contributed by atoms with Crippen LogP contribution in [0.2, 0.25) is 0 Å². The Morgan fingerprint density at radius 2 is 1.94 bits per heavy atom. The van der Waals surface area contributed by atoms with Gasteiger partial charge in [-0.2, -0.15) is 0 Å². The van der Waals surface area contributed by atoms with E-state index in [1.165, 1.54) is 10.9 Å². The number of aryl methyl sites for hydroxylation is 1. The van der Waals surface area contributed by atoms with Crippen LogP contribution in [-0.2, 0) is 0 Å². The number of Topliss-reactive ketones (excluding diaryl/α,β-unsaturated/α-hetero) is 1. The highest BCUT2D eigenvalue weighted by Crippen LogP contribution is 2.21. The second-order valence-corrected chi connectivity index (χ2v) is 5.12. The predicted molar refractivity (Wildman–Crippen MR) is 74.0 cm³/mol. The molecule has 0 bridgehead atoms. The van der Waals surface area contributed by atoms with Gasteiger partial charge in [-0.15, -0.1) is 0 Å². The number of nitrogens with one attached hydrogen (secondary N) is 1. The maximum atomic E-state index is 12.3. The van der Waals surface area contributed by atoms with Crippen LogP contribution in [0.1, 0.15) is 22.3 Å². The maximum Gasteiger partial charge on any atom is 0.167 e. The van der Waals surface area contributed by atoms with Gasteiger partial charge < -0.3 is 5.32 Å². The molecule has 2 nitrogen and oxygen atoms in total. The van der Waals surface area contributed by atoms with Crippen molar-refractivity contribution in [2.75, 3.05) is 13.1 Å². The molecule has 2 aromatic carbocycles. The molecule has 1 aliphatic heterocycles. The van der Waals surface area contributed by atoms with E-state index in [1.54, 1.807) is 0 Å². The third-order valence-corrected chi connectivity index (χ3v) is 3.71. The van der Waals surface area contributed by atoms with Crippen molar-refractivity contribution in [3.63, 3.8) is 0 Å². The number of ketones is 1. The summed E-state index contributed by atoms with van der Waals surface area (Å²) in [7, 11) is 0. The Morgan fingerprint density at radius 3 is 2.72 bits per heavy atom. The summed E-state index contributed by atoms with van der Waals surface area (Å²) in [6.07, 6.45) is 0.963. The number of fused-ring (bicyclic) bond motifs is 1. The molecular weight excluding hydrogens is 222 g/mol. The van der Waals surface area contributed by atoms with Crippen molar-refractivity contribution in [2.45, 2.75) is 13.3 Å². The van der Waals surface area contributed by atoms with Crippen molar-refractivity contribution in [3.8, 4) is 0 Å². The molecule has 1 heterocycles. The minimum Gasteiger partial charge on any atom is -0.316 e. The molecule has 0 saturated carbocycles. The van der Waals surface area contributed by atoms with Gasteiger partial charge in [0, 0.05) is 18.0 Å². The Bertz CT molecular complexity index is 597. The van der Waals surface area contributed by atoms with Crippen LogP contribution in [0.3, 0.4) is 0 Å². The van der Waals surface area contributed by atoms with E-state index in [9.17, 15) is 4.79 Å². The summed E-state index contributed by atoms with van der Waals surface area (Å²) in [5, 5.41) is 5.60. The highest BCUT2D eigenvalue weighted by atomic mass is 16.1. The van der Waals surface area contributed by atoms with Gasteiger partial charge in [0.05, 0.1) is 0 Å². The number of carbonyl (C=O) groups excluding carboxylic acids is 1. The fraction of sp³-hybridized carbons (Fsp3) is 0.312. The van der Waals surface area contributed by atoms with Gasteiger partial charge >= 0.3 is 0 Å². The van der Waals surface area contributed by atoms with Crippen LogP contribution >= 0.6 is 0 Å². The zero-order valence-electron chi connectivity index (χ0n) is 10.6. The van der Waals surface area contributed by atoms with Gasteiger partial charge in [-0.05, 0) is 36.7 Å². The van der Waals surface area contributed by atoms with Gasteiger partial charge in [0.15, 0.2) is 5.78 Å². The van der Waals surface area contributed by atoms with Crippen LogP contribution in [0.25, 0.3) is 10.8 Å². The van der Waals surface area contributed by atoms with E-state index in [4.69, 9.17) is 0 Å². The van der Waals surface area contributed by atoms with Crippen LogP contribution in [-0.4, -0.2) is 18.9 Å². The lowest BCUT2D eigenvalue weighted by molar-refractivity contribution is 0.0930. The summed E-state index contributed by atoms with van der Waals surface area (Å²) in [5.41, 5.74) is 2.10. The zero-order valence-corrected chi connectivity index (χ0v) is 10.6. The van der Waals surface area contributed by atoms with Gasteiger partial charge in [-0.3, -0.25) is 4.79 Å². The van der Waals surface area contributed by atoms with Crippen LogP contribution in [0, 0.1) is 12.8 Å². The summed E-state index contributed by atoms with van der Waals surface area (Å²) in [5.74, 6) is 0.440. The van der Waals surface area contributed by atoms with Gasteiger partial charge in [0.25, 0.3) is 0 Å². The Balaban J connectivity index is 1.97. The van der Waals surface area contributed by atoms with Gasteiger partial charge in [-0.25, -0.2) is 0 Å². The molecule has 1 N–H and O–H groups in total. The molecule has 1 fully saturated rings. The number of hydrogen-bond donors (Lipinski definition) is 1. The molecule has 1 saturated heterocycles. The highest BCUT2D eigenvalue weighted by Gasteiger charge is 2.23. The van der Waals surface area contributed by atoms with Crippen LogP contribution in [0.15, 0.2) is 36.4 Å². The van der Waals surface area contributed by atoms with E-state index < -0.39 is 0 Å². The molecule has 0 amide bonds. The Morgan fingerprint density at radius 1 is 1.17 bits per heavy atom. The Labute approximate surface area is 107 Å². The van der Waals surface area contributed by atoms with Crippen LogP contribution < -0.4 is 5.32 Å². The molecule has 92 valence electrons. The highest BCUT2D eigenvalue weighted by molar-refractivity contribution is 6.01. The minimum absolute atomic E-state index is 0.160. The molecule has 0 spiro atoms. The molecule has 0 radical (unpaired) electrons. The number of rotatable bonds is 2. The SMILES string of the molecule is Cc1ccc2cc(C(=O)C3CCNC3)ccc2c1. The van der Waals surface area contributed by atoms with E-state index in [-0.39, 0.29) is 11.7 Å². The van der Waals surface area contributed by atoms with Gasteiger partial charge in [-0.1, -0.05) is 35.9 Å². The lowest BCUT2D eigenvalue weighted by atomic mass is 9.95. The van der Waals surface area contributed by atoms with E-state index in [0.717, 1.165) is 30.5 Å². The summed E-state index contributed by atoms with van der Waals surface area (Å²) < 4.78 is 0. The van der Waals surface area contributed by atoms with Crippen molar-refractivity contribution in [2.24, 2.45) is 5.92 Å². The molecule has 3 rings (SSSR count). The summed E-state index contributed by atoms with van der Waals surface area (Å²) >= 11 is 0. The van der Waals surface area contributed by atoms with E-state index in [1.807, 2.05) is 12.1 Å². The van der Waals surface area contributed by atoms with E-state index in [2.05, 4.69) is 36.5 Å². The fourth-order valence-electron chi connectivity index (χ4n) is 2.63. The number of hydrogen-bond acceptors (Lipinski definition) is 2. The first-order valence-electron chi connectivity index (χ1n) is 6.49. The summed E-state index contributed by atoms with van der Waals surface area (Å²) in [6.45, 7) is 3.87. The molecular formula is C16H17NO. The summed E-state index contributed by atoms with van der Waals surface area (Å²) in [4.78, 5) is 12.3. The second-order valence-electron chi connectivity index (χ2n) is 5.12. The van der Waals surface area contributed by atoms with Crippen LogP contribution in [0.4, 0.5) is 0 Å². The van der Waals surface area contributed by atoms with Crippen molar-refractivity contribution < 1.29 is 4.79 Å². The third kappa shape index (κ3) is 2.04. The lowest BCUT2D eigenvalue weighted by Crippen LogP contribution is -2.17. The summed E-state index contributed by atoms with van der Waals surface area (Å²) in [6, 6.07) is 12.4. The quantitative estimate of drug-likeness (QED) is 0.816. The topological polar surface area (TPSA) is 29.1 Å². The maximum absolute atomic E-state index is 12.3. The number of benzene rings is 2. The first-order chi connectivity index (χ1) is 8.74. The average molecular weight is 239 g/mol. The first-order valence-corrected chi connectivity index (χ1v) is 6.49. The molecule has 1 unspecified atom stereocenters. The Hall–Kier alpha value is -1.67. The molecule has 18 heavy (non-hydrogen) atoms. The standard InChI is InChI=1S/C16H17NO/c1-11-2-3-13-9-14(5-4-12(13)8-11)16(18)15-6-7-17-10-15/h2-5,8-9,15,17H,6-7,10H2,1H3. The first kappa shape index (κ1) is 11.4. The van der Waals surface area contributed by atoms with Gasteiger partial charge in [0.1, 0.15) is 0 Å². The Kier molecular flexibility index (Phi) is 2.88. The molecule has 1 aliphatic rings. The largest absolute Gasteiger partial charge is 0.316 e. The molecule has 0 aliphatic carbocycles. The normalized spacial score (nSPS) is 19.3. The molecule has 1 atom stereocenters. The minimum atomic E-state index is 0.160. The van der Waals surface area contributed by atoms with E-state index >= 15 is 0 Å². The molecule has 2 heteroatoms. The number of carbonyl (C=O) groups is 1. The van der Waals surface area contributed by atoms with Gasteiger partial charge in [0.2, 0.25) is 0 Å².